The van der Waals surface area contributed by atoms with Crippen molar-refractivity contribution in [2.75, 3.05) is 12.4 Å². The van der Waals surface area contributed by atoms with Crippen LogP contribution in [0.1, 0.15) is 20.8 Å². The van der Waals surface area contributed by atoms with Crippen molar-refractivity contribution in [3.63, 3.8) is 0 Å². The largest absolute Gasteiger partial charge is 0.495 e. The first-order valence-electron chi connectivity index (χ1n) is 5.72. The van der Waals surface area contributed by atoms with Crippen LogP contribution in [0, 0.1) is 13.8 Å². The number of amides is 1. The van der Waals surface area contributed by atoms with Crippen molar-refractivity contribution in [3.8, 4) is 5.75 Å². The van der Waals surface area contributed by atoms with Gasteiger partial charge in [-0.15, -0.1) is 11.3 Å². The normalized spacial score (nSPS) is 10.3. The van der Waals surface area contributed by atoms with Gasteiger partial charge in [0.1, 0.15) is 5.75 Å². The van der Waals surface area contributed by atoms with Crippen molar-refractivity contribution in [1.29, 1.82) is 0 Å². The predicted octanol–water partition coefficient (Wildman–Crippen LogP) is 4.28. The fraction of sp³-hybridized carbons (Fsp3) is 0.214. The quantitative estimate of drug-likeness (QED) is 0.918. The van der Waals surface area contributed by atoms with E-state index in [-0.39, 0.29) is 5.91 Å². The van der Waals surface area contributed by atoms with Crippen LogP contribution in [0.25, 0.3) is 0 Å². The van der Waals surface area contributed by atoms with Crippen molar-refractivity contribution >= 4 is 34.5 Å². The van der Waals surface area contributed by atoms with Crippen LogP contribution in [0.15, 0.2) is 23.6 Å². The molecule has 0 unspecified atom stereocenters. The van der Waals surface area contributed by atoms with E-state index in [0.29, 0.717) is 21.3 Å². The summed E-state index contributed by atoms with van der Waals surface area (Å²) < 4.78 is 5.23. The number of halogens is 1. The maximum atomic E-state index is 12.2. The third kappa shape index (κ3) is 2.91. The number of anilines is 1. The Kier molecular flexibility index (Phi) is 4.12. The fourth-order valence-corrected chi connectivity index (χ4v) is 2.69. The molecule has 1 amide bonds. The van der Waals surface area contributed by atoms with E-state index >= 15 is 0 Å². The summed E-state index contributed by atoms with van der Waals surface area (Å²) in [4.78, 5) is 12.9. The molecular formula is C14H14ClNO2S. The van der Waals surface area contributed by atoms with Crippen LogP contribution in [0.5, 0.6) is 5.75 Å². The number of methoxy groups -OCH3 is 1. The van der Waals surface area contributed by atoms with E-state index in [0.717, 1.165) is 11.1 Å². The minimum Gasteiger partial charge on any atom is -0.495 e. The lowest BCUT2D eigenvalue weighted by Gasteiger charge is -2.12. The lowest BCUT2D eigenvalue weighted by atomic mass is 10.2. The highest BCUT2D eigenvalue weighted by Crippen LogP contribution is 2.31. The number of hydrogen-bond donors (Lipinski definition) is 1. The number of nitrogens with one attached hydrogen (secondary N) is 1. The molecule has 0 saturated heterocycles. The highest BCUT2D eigenvalue weighted by molar-refractivity contribution is 7.12. The smallest absolute Gasteiger partial charge is 0.266 e. The topological polar surface area (TPSA) is 38.3 Å². The Morgan fingerprint density at radius 2 is 2.05 bits per heavy atom. The summed E-state index contributed by atoms with van der Waals surface area (Å²) in [5.74, 6) is 0.422. The molecule has 1 aromatic carbocycles. The molecule has 1 N–H and O–H groups in total. The summed E-state index contributed by atoms with van der Waals surface area (Å²) >= 11 is 7.45. The maximum Gasteiger partial charge on any atom is 0.266 e. The molecule has 0 spiro atoms. The number of aryl methyl sites for hydroxylation is 2. The molecule has 1 aromatic heterocycles. The van der Waals surface area contributed by atoms with E-state index in [2.05, 4.69) is 5.32 Å². The molecule has 19 heavy (non-hydrogen) atoms. The molecule has 0 aliphatic rings. The number of hydrogen-bond acceptors (Lipinski definition) is 3. The first-order valence-corrected chi connectivity index (χ1v) is 6.98. The Labute approximate surface area is 121 Å². The van der Waals surface area contributed by atoms with Gasteiger partial charge in [-0.1, -0.05) is 11.6 Å². The maximum absolute atomic E-state index is 12.2. The van der Waals surface area contributed by atoms with Gasteiger partial charge in [0.25, 0.3) is 5.91 Å². The summed E-state index contributed by atoms with van der Waals surface area (Å²) in [5.41, 5.74) is 2.48. The van der Waals surface area contributed by atoms with E-state index in [1.807, 2.05) is 31.4 Å². The number of ether oxygens (including phenoxy) is 1. The molecule has 0 saturated carbocycles. The van der Waals surface area contributed by atoms with Crippen molar-refractivity contribution in [1.82, 2.24) is 0 Å². The molecule has 0 bridgehead atoms. The van der Waals surface area contributed by atoms with Crippen LogP contribution in [0.3, 0.4) is 0 Å². The van der Waals surface area contributed by atoms with E-state index in [4.69, 9.17) is 16.3 Å². The van der Waals surface area contributed by atoms with Gasteiger partial charge in [0, 0.05) is 11.1 Å². The number of carbonyl (C=O) groups is 1. The van der Waals surface area contributed by atoms with Gasteiger partial charge in [-0.25, -0.2) is 0 Å². The van der Waals surface area contributed by atoms with Gasteiger partial charge in [0.15, 0.2) is 0 Å². The van der Waals surface area contributed by atoms with Crippen LogP contribution >= 0.6 is 22.9 Å². The van der Waals surface area contributed by atoms with Crippen LogP contribution < -0.4 is 10.1 Å². The molecule has 3 nitrogen and oxygen atoms in total. The SMILES string of the molecule is COc1cc(Cl)c(C)cc1NC(=O)c1sccc1C. The fourth-order valence-electron chi connectivity index (χ4n) is 1.71. The standard InChI is InChI=1S/C14H14ClNO2S/c1-8-4-5-19-13(8)14(17)16-11-6-9(2)10(15)7-12(11)18-3/h4-7H,1-3H3,(H,16,17). The first-order chi connectivity index (χ1) is 9.02. The average Bonchev–Trinajstić information content (AvgIpc) is 2.79. The molecule has 100 valence electrons. The second kappa shape index (κ2) is 5.63. The van der Waals surface area contributed by atoms with E-state index in [1.54, 1.807) is 13.2 Å². The van der Waals surface area contributed by atoms with Crippen LogP contribution in [0.2, 0.25) is 5.02 Å². The molecule has 0 aliphatic heterocycles. The Bertz CT molecular complexity index is 622. The molecular weight excluding hydrogens is 282 g/mol. The monoisotopic (exact) mass is 295 g/mol. The van der Waals surface area contributed by atoms with E-state index < -0.39 is 0 Å². The Morgan fingerprint density at radius 3 is 2.63 bits per heavy atom. The number of carbonyl (C=O) groups excluding carboxylic acids is 1. The number of benzene rings is 1. The van der Waals surface area contributed by atoms with Gasteiger partial charge in [-0.05, 0) is 42.5 Å². The third-order valence-corrected chi connectivity index (χ3v) is 4.22. The highest BCUT2D eigenvalue weighted by atomic mass is 35.5. The zero-order valence-corrected chi connectivity index (χ0v) is 12.5. The molecule has 2 aromatic rings. The lowest BCUT2D eigenvalue weighted by molar-refractivity contribution is 0.102. The van der Waals surface area contributed by atoms with Crippen molar-refractivity contribution in [3.05, 3.63) is 44.6 Å². The lowest BCUT2D eigenvalue weighted by Crippen LogP contribution is -2.12. The van der Waals surface area contributed by atoms with Gasteiger partial charge in [-0.2, -0.15) is 0 Å². The summed E-state index contributed by atoms with van der Waals surface area (Å²) in [7, 11) is 1.55. The number of rotatable bonds is 3. The summed E-state index contributed by atoms with van der Waals surface area (Å²) in [6.07, 6.45) is 0. The Morgan fingerprint density at radius 1 is 1.32 bits per heavy atom. The number of thiophene rings is 1. The van der Waals surface area contributed by atoms with Gasteiger partial charge < -0.3 is 10.1 Å². The van der Waals surface area contributed by atoms with Gasteiger partial charge in [0.2, 0.25) is 0 Å². The van der Waals surface area contributed by atoms with Gasteiger partial charge >= 0.3 is 0 Å². The zero-order valence-electron chi connectivity index (χ0n) is 10.9. The minimum atomic E-state index is -0.132. The van der Waals surface area contributed by atoms with Gasteiger partial charge in [-0.3, -0.25) is 4.79 Å². The van der Waals surface area contributed by atoms with E-state index in [9.17, 15) is 4.79 Å². The summed E-state index contributed by atoms with van der Waals surface area (Å²) in [6.45, 7) is 3.80. The Hall–Kier alpha value is -1.52. The molecule has 5 heteroatoms. The molecule has 1 heterocycles. The summed E-state index contributed by atoms with van der Waals surface area (Å²) in [6, 6.07) is 5.43. The van der Waals surface area contributed by atoms with Gasteiger partial charge in [0.05, 0.1) is 17.7 Å². The van der Waals surface area contributed by atoms with Crippen LogP contribution in [0.4, 0.5) is 5.69 Å². The molecule has 0 radical (unpaired) electrons. The third-order valence-electron chi connectivity index (χ3n) is 2.80. The van der Waals surface area contributed by atoms with E-state index in [1.165, 1.54) is 11.3 Å². The average molecular weight is 296 g/mol. The second-order valence-electron chi connectivity index (χ2n) is 4.19. The molecule has 0 fully saturated rings. The van der Waals surface area contributed by atoms with Crippen molar-refractivity contribution in [2.24, 2.45) is 0 Å². The van der Waals surface area contributed by atoms with Crippen LogP contribution in [-0.2, 0) is 0 Å². The second-order valence-corrected chi connectivity index (χ2v) is 5.51. The Balaban J connectivity index is 2.31. The highest BCUT2D eigenvalue weighted by Gasteiger charge is 2.14. The molecule has 0 atom stereocenters. The van der Waals surface area contributed by atoms with Crippen molar-refractivity contribution in [2.45, 2.75) is 13.8 Å². The van der Waals surface area contributed by atoms with Crippen molar-refractivity contribution < 1.29 is 9.53 Å². The first kappa shape index (κ1) is 13.9. The minimum absolute atomic E-state index is 0.132. The summed E-state index contributed by atoms with van der Waals surface area (Å²) in [5, 5.41) is 5.37. The molecule has 2 rings (SSSR count). The van der Waals surface area contributed by atoms with Crippen LogP contribution in [-0.4, -0.2) is 13.0 Å². The zero-order chi connectivity index (χ0) is 14.0. The molecule has 0 aliphatic carbocycles. The predicted molar refractivity (Wildman–Crippen MR) is 79.8 cm³/mol.